The topological polar surface area (TPSA) is 120 Å². The highest BCUT2D eigenvalue weighted by Gasteiger charge is 2.31. The molecule has 10 nitrogen and oxygen atoms in total. The van der Waals surface area contributed by atoms with Crippen LogP contribution in [0.15, 0.2) is 53.7 Å². The van der Waals surface area contributed by atoms with E-state index >= 15 is 0 Å². The van der Waals surface area contributed by atoms with E-state index in [0.29, 0.717) is 29.3 Å². The molecule has 45 heavy (non-hydrogen) atoms. The van der Waals surface area contributed by atoms with Crippen molar-refractivity contribution in [2.24, 2.45) is 16.6 Å². The van der Waals surface area contributed by atoms with E-state index in [-0.39, 0.29) is 24.8 Å². The molecule has 2 aliphatic heterocycles. The molecular weight excluding hydrogens is 573 g/mol. The number of aliphatic imine (C=N–C) groups is 1. The van der Waals surface area contributed by atoms with Crippen LogP contribution in [0.3, 0.4) is 0 Å². The Bertz CT molecular complexity index is 2070. The monoisotopic (exact) mass is 605 g/mol. The van der Waals surface area contributed by atoms with Gasteiger partial charge in [-0.3, -0.25) is 9.59 Å². The summed E-state index contributed by atoms with van der Waals surface area (Å²) in [5.74, 6) is 0.532. The lowest BCUT2D eigenvalue weighted by Crippen LogP contribution is -2.50. The van der Waals surface area contributed by atoms with Gasteiger partial charge >= 0.3 is 0 Å². The minimum atomic E-state index is -1.15. The first-order valence-corrected chi connectivity index (χ1v) is 15.3. The summed E-state index contributed by atoms with van der Waals surface area (Å²) in [5, 5.41) is 5.97. The first-order valence-electron chi connectivity index (χ1n) is 15.3. The minimum Gasteiger partial charge on any atom is -0.494 e. The Morgan fingerprint density at radius 2 is 1.98 bits per heavy atom. The number of rotatable bonds is 6. The number of hydrogen-bond acceptors (Lipinski definition) is 6. The number of nitrogens with zero attached hydrogens (tertiary/aromatic N) is 6. The SMILES string of the molecule is COc1cc(C(=O)N2C[C@H](N)C[C@@H](F)C2)cn2nc(-c3cc4ccc(-c5ccc6c(c5)C(=O)N=C6)nc4n3CC3CC3)c(C)c12. The van der Waals surface area contributed by atoms with Gasteiger partial charge in [0.15, 0.2) is 0 Å². The zero-order valence-electron chi connectivity index (χ0n) is 25.0. The zero-order chi connectivity index (χ0) is 31.0. The molecule has 1 aromatic carbocycles. The van der Waals surface area contributed by atoms with Gasteiger partial charge in [0.2, 0.25) is 0 Å². The average molecular weight is 606 g/mol. The number of aromatic nitrogens is 4. The lowest BCUT2D eigenvalue weighted by molar-refractivity contribution is 0.0605. The quantitative estimate of drug-likeness (QED) is 0.296. The highest BCUT2D eigenvalue weighted by Crippen LogP contribution is 2.39. The van der Waals surface area contributed by atoms with Gasteiger partial charge in [-0.1, -0.05) is 12.1 Å². The summed E-state index contributed by atoms with van der Waals surface area (Å²) in [6.07, 6.45) is 4.71. The van der Waals surface area contributed by atoms with Gasteiger partial charge in [-0.25, -0.2) is 18.9 Å². The van der Waals surface area contributed by atoms with Crippen LogP contribution in [0.25, 0.3) is 39.2 Å². The summed E-state index contributed by atoms with van der Waals surface area (Å²) in [6.45, 7) is 3.12. The summed E-state index contributed by atoms with van der Waals surface area (Å²) in [5.41, 5.74) is 13.6. The third-order valence-electron chi connectivity index (χ3n) is 9.14. The summed E-state index contributed by atoms with van der Waals surface area (Å²) >= 11 is 0. The number of nitrogens with two attached hydrogens (primary N) is 1. The number of aryl methyl sites for hydroxylation is 1. The molecule has 6 heterocycles. The smallest absolute Gasteiger partial charge is 0.277 e. The van der Waals surface area contributed by atoms with Gasteiger partial charge in [-0.2, -0.15) is 5.10 Å². The highest BCUT2D eigenvalue weighted by molar-refractivity contribution is 6.13. The number of carbonyl (C=O) groups excluding carboxylic acids is 2. The van der Waals surface area contributed by atoms with Crippen molar-refractivity contribution in [2.45, 2.75) is 44.9 Å². The molecule has 2 atom stereocenters. The van der Waals surface area contributed by atoms with Crippen molar-refractivity contribution in [3.05, 3.63) is 70.9 Å². The maximum atomic E-state index is 14.3. The number of halogens is 1. The van der Waals surface area contributed by atoms with Gasteiger partial charge < -0.3 is 19.9 Å². The molecule has 2 N–H and O–H groups in total. The molecule has 4 aromatic heterocycles. The molecule has 11 heteroatoms. The Kier molecular flexibility index (Phi) is 6.35. The van der Waals surface area contributed by atoms with Crippen LogP contribution in [-0.2, 0) is 6.54 Å². The fourth-order valence-corrected chi connectivity index (χ4v) is 6.66. The summed E-state index contributed by atoms with van der Waals surface area (Å²) < 4.78 is 24.0. The van der Waals surface area contributed by atoms with Crippen molar-refractivity contribution >= 4 is 34.6 Å². The standard InChI is InChI=1S/C34H32FN7O3/c1-18-30(39-42-15-23(11-29(45-2)31(18)42)34(44)40-16-24(35)12-25(36)17-40)28-10-21-7-8-27(38-32(21)41(28)14-19-3-4-19)20-5-6-22-13-37-33(43)26(22)9-20/h5-11,13,15,19,24-25H,3-4,12,14,16-17,36H2,1-2H3/t24-,25-/m1/s1. The van der Waals surface area contributed by atoms with Crippen molar-refractivity contribution in [1.29, 1.82) is 0 Å². The number of hydrogen-bond donors (Lipinski definition) is 1. The highest BCUT2D eigenvalue weighted by atomic mass is 19.1. The second-order valence-electron chi connectivity index (χ2n) is 12.4. The van der Waals surface area contributed by atoms with Crippen molar-refractivity contribution < 1.29 is 18.7 Å². The number of likely N-dealkylation sites (tertiary alicyclic amines) is 1. The third-order valence-corrected chi connectivity index (χ3v) is 9.14. The summed E-state index contributed by atoms with van der Waals surface area (Å²) in [6, 6.07) is 13.2. The van der Waals surface area contributed by atoms with Crippen LogP contribution in [0.5, 0.6) is 5.75 Å². The van der Waals surface area contributed by atoms with Crippen LogP contribution in [0, 0.1) is 12.8 Å². The number of pyridine rings is 2. The second-order valence-corrected chi connectivity index (χ2v) is 12.4. The summed E-state index contributed by atoms with van der Waals surface area (Å²) in [7, 11) is 1.57. The molecule has 3 aliphatic rings. The molecule has 5 aromatic rings. The number of benzene rings is 1. The molecule has 0 radical (unpaired) electrons. The molecule has 2 amide bonds. The zero-order valence-corrected chi connectivity index (χ0v) is 25.0. The molecule has 0 bridgehead atoms. The summed E-state index contributed by atoms with van der Waals surface area (Å²) in [4.78, 5) is 36.2. The maximum absolute atomic E-state index is 14.3. The van der Waals surface area contributed by atoms with Crippen LogP contribution >= 0.6 is 0 Å². The van der Waals surface area contributed by atoms with E-state index in [1.807, 2.05) is 31.2 Å². The van der Waals surface area contributed by atoms with Crippen LogP contribution in [-0.4, -0.2) is 74.5 Å². The normalized spacial score (nSPS) is 19.6. The first kappa shape index (κ1) is 27.6. The number of piperidine rings is 1. The molecule has 2 fully saturated rings. The molecule has 1 aliphatic carbocycles. The van der Waals surface area contributed by atoms with Crippen molar-refractivity contribution in [1.82, 2.24) is 24.1 Å². The molecule has 0 spiro atoms. The number of fused-ring (bicyclic) bond motifs is 3. The third kappa shape index (κ3) is 4.69. The van der Waals surface area contributed by atoms with Gasteiger partial charge in [-0.15, -0.1) is 0 Å². The predicted octanol–water partition coefficient (Wildman–Crippen LogP) is 4.83. The number of alkyl halides is 1. The van der Waals surface area contributed by atoms with E-state index in [4.69, 9.17) is 20.6 Å². The lowest BCUT2D eigenvalue weighted by atomic mass is 10.0. The second kappa shape index (κ2) is 10.3. The maximum Gasteiger partial charge on any atom is 0.277 e. The minimum absolute atomic E-state index is 0.0159. The lowest BCUT2D eigenvalue weighted by Gasteiger charge is -2.33. The molecular formula is C34H32FN7O3. The van der Waals surface area contributed by atoms with Crippen molar-refractivity contribution in [3.63, 3.8) is 0 Å². The van der Waals surface area contributed by atoms with E-state index < -0.39 is 12.2 Å². The largest absolute Gasteiger partial charge is 0.494 e. The van der Waals surface area contributed by atoms with Crippen molar-refractivity contribution in [2.75, 3.05) is 20.2 Å². The Labute approximate surface area is 258 Å². The van der Waals surface area contributed by atoms with Gasteiger partial charge in [0.25, 0.3) is 11.8 Å². The van der Waals surface area contributed by atoms with Gasteiger partial charge in [0.05, 0.1) is 36.2 Å². The van der Waals surface area contributed by atoms with E-state index in [1.165, 1.54) is 4.90 Å². The Morgan fingerprint density at radius 3 is 2.76 bits per heavy atom. The molecule has 1 saturated carbocycles. The van der Waals surface area contributed by atoms with Crippen LogP contribution in [0.2, 0.25) is 0 Å². The first-order chi connectivity index (χ1) is 21.8. The molecule has 1 saturated heterocycles. The number of ether oxygens (including phenoxy) is 1. The fraction of sp³-hybridized carbons (Fsp3) is 0.324. The van der Waals surface area contributed by atoms with Crippen molar-refractivity contribution in [3.8, 4) is 28.4 Å². The van der Waals surface area contributed by atoms with Crippen LogP contribution in [0.4, 0.5) is 4.39 Å². The van der Waals surface area contributed by atoms with E-state index in [9.17, 15) is 14.0 Å². The molecule has 0 unspecified atom stereocenters. The fourth-order valence-electron chi connectivity index (χ4n) is 6.66. The van der Waals surface area contributed by atoms with E-state index in [2.05, 4.69) is 21.7 Å². The number of amides is 2. The molecule has 8 rings (SSSR count). The Morgan fingerprint density at radius 1 is 1.13 bits per heavy atom. The number of methoxy groups -OCH3 is 1. The van der Waals surface area contributed by atoms with E-state index in [1.54, 1.807) is 30.1 Å². The number of carbonyl (C=O) groups is 2. The van der Waals surface area contributed by atoms with Gasteiger partial charge in [0, 0.05) is 53.6 Å². The predicted molar refractivity (Wildman–Crippen MR) is 169 cm³/mol. The van der Waals surface area contributed by atoms with Crippen LogP contribution in [0.1, 0.15) is 51.1 Å². The van der Waals surface area contributed by atoms with Gasteiger partial charge in [0.1, 0.15) is 28.8 Å². The van der Waals surface area contributed by atoms with Gasteiger partial charge in [-0.05, 0) is 62.4 Å². The average Bonchev–Trinajstić information content (AvgIpc) is 3.56. The van der Waals surface area contributed by atoms with Crippen LogP contribution < -0.4 is 10.5 Å². The van der Waals surface area contributed by atoms with E-state index in [0.717, 1.165) is 69.7 Å². The Hall–Kier alpha value is -4.90. The molecule has 228 valence electrons. The Balaban J connectivity index is 1.23.